The van der Waals surface area contributed by atoms with Gasteiger partial charge in [-0.15, -0.1) is 5.10 Å². The highest BCUT2D eigenvalue weighted by atomic mass is 35.5. The number of ether oxygens (including phenoxy) is 4. The van der Waals surface area contributed by atoms with E-state index in [1.54, 1.807) is 6.07 Å². The minimum Gasteiger partial charge on any atom is -0.443 e. The number of oxazole rings is 1. The Hall–Kier alpha value is -3.79. The predicted molar refractivity (Wildman–Crippen MR) is 154 cm³/mol. The lowest BCUT2D eigenvalue weighted by molar-refractivity contribution is -0.308. The summed E-state index contributed by atoms with van der Waals surface area (Å²) in [4.78, 5) is 9.27. The molecular formula is C30H23ClF3N5O5S. The number of hydrogen-bond donors (Lipinski definition) is 0. The van der Waals surface area contributed by atoms with Crippen molar-refractivity contribution in [3.63, 3.8) is 0 Å². The average Bonchev–Trinajstić information content (AvgIpc) is 3.76. The molecule has 0 spiro atoms. The Morgan fingerprint density at radius 1 is 1.04 bits per heavy atom. The molecule has 0 aliphatic carbocycles. The predicted octanol–water partition coefficient (Wildman–Crippen LogP) is 6.25. The second-order valence-corrected chi connectivity index (χ2v) is 11.8. The van der Waals surface area contributed by atoms with Gasteiger partial charge in [0.1, 0.15) is 47.4 Å². The van der Waals surface area contributed by atoms with E-state index in [1.807, 2.05) is 30.3 Å². The van der Waals surface area contributed by atoms with Crippen LogP contribution < -0.4 is 0 Å². The zero-order valence-corrected chi connectivity index (χ0v) is 24.9. The molecule has 0 bridgehead atoms. The summed E-state index contributed by atoms with van der Waals surface area (Å²) >= 11 is 7.62. The number of aromatic nitrogens is 5. The number of thioether (sulfide) groups is 1. The van der Waals surface area contributed by atoms with Crippen molar-refractivity contribution >= 4 is 23.4 Å². The lowest BCUT2D eigenvalue weighted by atomic mass is 9.95. The van der Waals surface area contributed by atoms with Crippen LogP contribution >= 0.6 is 23.4 Å². The second-order valence-electron chi connectivity index (χ2n) is 10.2. The van der Waals surface area contributed by atoms with E-state index in [2.05, 4.69) is 20.3 Å². The van der Waals surface area contributed by atoms with Crippen molar-refractivity contribution in [2.45, 2.75) is 41.0 Å². The summed E-state index contributed by atoms with van der Waals surface area (Å²) in [6.45, 7) is 0.171. The van der Waals surface area contributed by atoms with Gasteiger partial charge in [0.25, 0.3) is 0 Å². The summed E-state index contributed by atoms with van der Waals surface area (Å²) < 4.78 is 74.0. The van der Waals surface area contributed by atoms with Crippen molar-refractivity contribution in [2.75, 3.05) is 13.7 Å². The van der Waals surface area contributed by atoms with E-state index in [1.165, 1.54) is 48.4 Å². The van der Waals surface area contributed by atoms with E-state index in [4.69, 9.17) is 35.0 Å². The molecule has 232 valence electrons. The summed E-state index contributed by atoms with van der Waals surface area (Å²) in [5, 5.41) is 8.84. The van der Waals surface area contributed by atoms with Crippen LogP contribution in [0.2, 0.25) is 5.02 Å². The molecule has 5 heterocycles. The van der Waals surface area contributed by atoms with E-state index >= 15 is 0 Å². The minimum absolute atomic E-state index is 0.0109. The van der Waals surface area contributed by atoms with Crippen LogP contribution in [0.1, 0.15) is 17.9 Å². The molecule has 2 aliphatic rings. The topological polar surface area (TPSA) is 107 Å². The minimum atomic E-state index is -1.57. The normalized spacial score (nSPS) is 24.8. The second kappa shape index (κ2) is 12.5. The highest BCUT2D eigenvalue weighted by Gasteiger charge is 2.52. The Kier molecular flexibility index (Phi) is 8.33. The first-order chi connectivity index (χ1) is 21.9. The van der Waals surface area contributed by atoms with E-state index in [0.29, 0.717) is 21.5 Å². The number of pyridine rings is 1. The Morgan fingerprint density at radius 2 is 1.84 bits per heavy atom. The third-order valence-corrected chi connectivity index (χ3v) is 8.83. The standard InChI is InChI=1S/C30H23ClF3N5O5S/c1-40-27-25(39-13-20(37-38-39)16-9-18(32)23(34)19(33)10-16)26-21(14-42-29(44-26)15-5-3-2-4-6-15)43-30(27)45-22-11-17(31)12-36-24(22)28-35-7-8-41-28/h2-13,21,25-27,29-30H,14H2,1H3/t21?,25?,26-,27?,29?,30+/m0/s1. The third-order valence-electron chi connectivity index (χ3n) is 7.45. The Bertz CT molecular complexity index is 1780. The van der Waals surface area contributed by atoms with Crippen LogP contribution in [0, 0.1) is 17.5 Å². The molecular weight excluding hydrogens is 635 g/mol. The monoisotopic (exact) mass is 657 g/mol. The summed E-state index contributed by atoms with van der Waals surface area (Å²) in [6, 6.07) is 12.2. The number of benzene rings is 2. The first-order valence-corrected chi connectivity index (χ1v) is 14.9. The van der Waals surface area contributed by atoms with Crippen LogP contribution in [0.4, 0.5) is 13.2 Å². The van der Waals surface area contributed by atoms with Crippen molar-refractivity contribution in [1.29, 1.82) is 0 Å². The van der Waals surface area contributed by atoms with Gasteiger partial charge in [-0.2, -0.15) is 0 Å². The highest BCUT2D eigenvalue weighted by Crippen LogP contribution is 2.46. The van der Waals surface area contributed by atoms with Crippen LogP contribution in [-0.2, 0) is 18.9 Å². The SMILES string of the molecule is COC1C(n2cc(-c3cc(F)c(F)c(F)c3)nn2)[C@H]2OC(c3ccccc3)OCC2O[C@@H]1Sc1cc(Cl)cnc1-c1ncco1. The van der Waals surface area contributed by atoms with Gasteiger partial charge in [0.15, 0.2) is 23.7 Å². The lowest BCUT2D eigenvalue weighted by Crippen LogP contribution is -2.59. The van der Waals surface area contributed by atoms with Gasteiger partial charge in [-0.3, -0.25) is 0 Å². The van der Waals surface area contributed by atoms with Gasteiger partial charge < -0.3 is 23.4 Å². The van der Waals surface area contributed by atoms with Gasteiger partial charge in [-0.05, 0) is 18.2 Å². The van der Waals surface area contributed by atoms with Crippen molar-refractivity contribution in [2.24, 2.45) is 0 Å². The largest absolute Gasteiger partial charge is 0.443 e. The quantitative estimate of drug-likeness (QED) is 0.186. The first-order valence-electron chi connectivity index (χ1n) is 13.7. The van der Waals surface area contributed by atoms with Crippen LogP contribution in [0.25, 0.3) is 22.8 Å². The number of fused-ring (bicyclic) bond motifs is 1. The van der Waals surface area contributed by atoms with Gasteiger partial charge in [0.05, 0.1) is 24.0 Å². The molecule has 0 N–H and O–H groups in total. The van der Waals surface area contributed by atoms with Gasteiger partial charge in [-0.25, -0.2) is 27.8 Å². The van der Waals surface area contributed by atoms with Crippen molar-refractivity contribution in [3.05, 3.63) is 101 Å². The summed E-state index contributed by atoms with van der Waals surface area (Å²) in [7, 11) is 1.52. The molecule has 2 saturated heterocycles. The van der Waals surface area contributed by atoms with Gasteiger partial charge in [-0.1, -0.05) is 58.9 Å². The maximum absolute atomic E-state index is 14.1. The number of rotatable bonds is 7. The van der Waals surface area contributed by atoms with Gasteiger partial charge >= 0.3 is 0 Å². The molecule has 3 aromatic heterocycles. The zero-order chi connectivity index (χ0) is 31.1. The van der Waals surface area contributed by atoms with Gasteiger partial charge in [0, 0.05) is 29.3 Å². The number of methoxy groups -OCH3 is 1. The summed E-state index contributed by atoms with van der Waals surface area (Å²) in [6.07, 6.45) is 3.26. The molecule has 0 saturated carbocycles. The number of nitrogens with zero attached hydrogens (tertiary/aromatic N) is 5. The Morgan fingerprint density at radius 3 is 2.58 bits per heavy atom. The molecule has 5 aromatic rings. The van der Waals surface area contributed by atoms with E-state index < -0.39 is 53.5 Å². The molecule has 0 amide bonds. The number of halogens is 4. The van der Waals surface area contributed by atoms with Crippen molar-refractivity contribution in [3.8, 4) is 22.8 Å². The smallest absolute Gasteiger partial charge is 0.246 e. The zero-order valence-electron chi connectivity index (χ0n) is 23.3. The van der Waals surface area contributed by atoms with E-state index in [9.17, 15) is 13.2 Å². The van der Waals surface area contributed by atoms with Crippen LogP contribution in [0.15, 0.2) is 82.7 Å². The first kappa shape index (κ1) is 29.9. The summed E-state index contributed by atoms with van der Waals surface area (Å²) in [5.41, 5.74) is 0.695. The fraction of sp³-hybridized carbons (Fsp3) is 0.267. The molecule has 2 aromatic carbocycles. The molecule has 10 nitrogen and oxygen atoms in total. The van der Waals surface area contributed by atoms with E-state index in [-0.39, 0.29) is 17.9 Å². The van der Waals surface area contributed by atoms with Crippen LogP contribution in [-0.4, -0.2) is 62.4 Å². The molecule has 45 heavy (non-hydrogen) atoms. The van der Waals surface area contributed by atoms with Crippen LogP contribution in [0.3, 0.4) is 0 Å². The Balaban J connectivity index is 1.27. The Labute approximate surface area is 263 Å². The third kappa shape index (κ3) is 5.85. The van der Waals surface area contributed by atoms with Crippen LogP contribution in [0.5, 0.6) is 0 Å². The average molecular weight is 658 g/mol. The fourth-order valence-electron chi connectivity index (χ4n) is 5.39. The molecule has 0 radical (unpaired) electrons. The maximum Gasteiger partial charge on any atom is 0.246 e. The molecule has 2 aliphatic heterocycles. The van der Waals surface area contributed by atoms with Gasteiger partial charge in [0.2, 0.25) is 5.89 Å². The van der Waals surface area contributed by atoms with Crippen molar-refractivity contribution < 1.29 is 36.5 Å². The fourth-order valence-corrected chi connectivity index (χ4v) is 6.91. The molecule has 4 unspecified atom stereocenters. The van der Waals surface area contributed by atoms with Crippen molar-refractivity contribution in [1.82, 2.24) is 25.0 Å². The molecule has 6 atom stereocenters. The maximum atomic E-state index is 14.1. The molecule has 2 fully saturated rings. The lowest BCUT2D eigenvalue weighted by Gasteiger charge is -2.48. The highest BCUT2D eigenvalue weighted by molar-refractivity contribution is 8.00. The number of hydrogen-bond acceptors (Lipinski definition) is 10. The van der Waals surface area contributed by atoms with E-state index in [0.717, 1.165) is 17.7 Å². The molecule has 15 heteroatoms. The summed E-state index contributed by atoms with van der Waals surface area (Å²) in [5.74, 6) is -3.96. The molecule has 7 rings (SSSR count).